The Bertz CT molecular complexity index is 1120. The fourth-order valence-electron chi connectivity index (χ4n) is 3.09. The number of aromatic nitrogens is 2. The molecule has 0 aliphatic carbocycles. The predicted molar refractivity (Wildman–Crippen MR) is 109 cm³/mol. The van der Waals surface area contributed by atoms with Gasteiger partial charge in [-0.05, 0) is 43.2 Å². The van der Waals surface area contributed by atoms with E-state index in [1.165, 1.54) is 0 Å². The summed E-state index contributed by atoms with van der Waals surface area (Å²) in [5, 5.41) is 5.85. The lowest BCUT2D eigenvalue weighted by molar-refractivity contribution is 0.262. The maximum atomic E-state index is 12.6. The number of benzene rings is 2. The van der Waals surface area contributed by atoms with Crippen molar-refractivity contribution in [2.75, 3.05) is 10.6 Å². The van der Waals surface area contributed by atoms with E-state index < -0.39 is 0 Å². The molecule has 0 radical (unpaired) electrons. The Morgan fingerprint density at radius 2 is 1.63 bits per heavy atom. The summed E-state index contributed by atoms with van der Waals surface area (Å²) in [7, 11) is 0. The lowest BCUT2D eigenvalue weighted by Crippen LogP contribution is -2.20. The molecule has 2 aromatic heterocycles. The number of nitrogens with zero attached hydrogens (tertiary/aromatic N) is 2. The van der Waals surface area contributed by atoms with Crippen LogP contribution in [-0.4, -0.2) is 15.4 Å². The van der Waals surface area contributed by atoms with Crippen molar-refractivity contribution in [1.82, 2.24) is 9.38 Å². The van der Waals surface area contributed by atoms with E-state index in [9.17, 15) is 4.79 Å². The third kappa shape index (κ3) is 3.40. The Labute approximate surface area is 157 Å². The number of fused-ring (bicyclic) bond motifs is 1. The summed E-state index contributed by atoms with van der Waals surface area (Å²) in [5.41, 5.74) is 5.45. The number of hydrogen-bond donors (Lipinski definition) is 2. The lowest BCUT2D eigenvalue weighted by Gasteiger charge is -2.11. The first-order chi connectivity index (χ1) is 13.1. The van der Waals surface area contributed by atoms with Gasteiger partial charge in [0.25, 0.3) is 0 Å². The average molecular weight is 356 g/mol. The molecular weight excluding hydrogens is 336 g/mol. The highest BCUT2D eigenvalue weighted by Crippen LogP contribution is 2.31. The van der Waals surface area contributed by atoms with Crippen LogP contribution >= 0.6 is 0 Å². The van der Waals surface area contributed by atoms with Crippen molar-refractivity contribution in [2.45, 2.75) is 13.8 Å². The molecule has 5 nitrogen and oxygen atoms in total. The number of anilines is 2. The van der Waals surface area contributed by atoms with Crippen LogP contribution in [0.15, 0.2) is 72.9 Å². The second-order valence-corrected chi connectivity index (χ2v) is 6.50. The van der Waals surface area contributed by atoms with Gasteiger partial charge in [-0.25, -0.2) is 9.78 Å². The first kappa shape index (κ1) is 16.8. The van der Waals surface area contributed by atoms with Crippen molar-refractivity contribution in [3.63, 3.8) is 0 Å². The Balaban J connectivity index is 1.78. The SMILES string of the molecule is Cc1ccc2nc(-c3ccccc3C)c(NC(=O)Nc3ccccc3)n2c1. The Morgan fingerprint density at radius 1 is 0.889 bits per heavy atom. The van der Waals surface area contributed by atoms with Gasteiger partial charge in [-0.15, -0.1) is 0 Å². The molecule has 2 amide bonds. The van der Waals surface area contributed by atoms with Gasteiger partial charge < -0.3 is 5.32 Å². The molecular formula is C22H20N4O. The number of rotatable bonds is 3. The maximum absolute atomic E-state index is 12.6. The van der Waals surface area contributed by atoms with Crippen LogP contribution in [0.2, 0.25) is 0 Å². The third-order valence-corrected chi connectivity index (χ3v) is 4.43. The van der Waals surface area contributed by atoms with Crippen LogP contribution in [0.1, 0.15) is 11.1 Å². The van der Waals surface area contributed by atoms with E-state index in [2.05, 4.69) is 10.6 Å². The molecule has 0 fully saturated rings. The number of imidazole rings is 1. The van der Waals surface area contributed by atoms with Crippen molar-refractivity contribution >= 4 is 23.2 Å². The summed E-state index contributed by atoms with van der Waals surface area (Å²) >= 11 is 0. The van der Waals surface area contributed by atoms with E-state index in [-0.39, 0.29) is 6.03 Å². The second-order valence-electron chi connectivity index (χ2n) is 6.50. The first-order valence-electron chi connectivity index (χ1n) is 8.79. The summed E-state index contributed by atoms with van der Waals surface area (Å²) in [5.74, 6) is 0.649. The molecule has 134 valence electrons. The molecule has 0 saturated carbocycles. The molecule has 0 spiro atoms. The molecule has 0 atom stereocenters. The van der Waals surface area contributed by atoms with E-state index in [1.54, 1.807) is 0 Å². The van der Waals surface area contributed by atoms with E-state index in [0.717, 1.165) is 33.7 Å². The molecule has 0 bridgehead atoms. The third-order valence-electron chi connectivity index (χ3n) is 4.43. The Hall–Kier alpha value is -3.60. The Kier molecular flexibility index (Phi) is 4.34. The summed E-state index contributed by atoms with van der Waals surface area (Å²) in [6.45, 7) is 4.05. The smallest absolute Gasteiger partial charge is 0.308 e. The predicted octanol–water partition coefficient (Wildman–Crippen LogP) is 5.26. The zero-order valence-corrected chi connectivity index (χ0v) is 15.2. The van der Waals surface area contributed by atoms with Crippen LogP contribution in [0.25, 0.3) is 16.9 Å². The highest BCUT2D eigenvalue weighted by Gasteiger charge is 2.17. The van der Waals surface area contributed by atoms with Crippen molar-refractivity contribution < 1.29 is 4.79 Å². The normalized spacial score (nSPS) is 10.7. The molecule has 4 rings (SSSR count). The largest absolute Gasteiger partial charge is 0.324 e. The highest BCUT2D eigenvalue weighted by atomic mass is 16.2. The minimum atomic E-state index is -0.306. The molecule has 0 aliphatic heterocycles. The van der Waals surface area contributed by atoms with Crippen LogP contribution < -0.4 is 10.6 Å². The Morgan fingerprint density at radius 3 is 2.41 bits per heavy atom. The minimum absolute atomic E-state index is 0.306. The van der Waals surface area contributed by atoms with Gasteiger partial charge in [0.2, 0.25) is 0 Å². The molecule has 5 heteroatoms. The number of pyridine rings is 1. The number of nitrogens with one attached hydrogen (secondary N) is 2. The molecule has 0 aliphatic rings. The number of amides is 2. The lowest BCUT2D eigenvalue weighted by atomic mass is 10.1. The maximum Gasteiger partial charge on any atom is 0.324 e. The molecule has 0 saturated heterocycles. The van der Waals surface area contributed by atoms with Gasteiger partial charge in [-0.1, -0.05) is 48.5 Å². The minimum Gasteiger partial charge on any atom is -0.308 e. The van der Waals surface area contributed by atoms with E-state index in [0.29, 0.717) is 5.82 Å². The molecule has 0 unspecified atom stereocenters. The van der Waals surface area contributed by atoms with E-state index in [4.69, 9.17) is 4.98 Å². The van der Waals surface area contributed by atoms with Gasteiger partial charge in [0.1, 0.15) is 17.2 Å². The van der Waals surface area contributed by atoms with Crippen LogP contribution in [0.4, 0.5) is 16.3 Å². The average Bonchev–Trinajstić information content (AvgIpc) is 3.00. The number of carbonyl (C=O) groups excluding carboxylic acids is 1. The standard InChI is InChI=1S/C22H20N4O/c1-15-12-13-19-24-20(18-11-7-6-8-16(18)2)21(26(19)14-15)25-22(27)23-17-9-4-3-5-10-17/h3-14H,1-2H3,(H2,23,25,27). The van der Waals surface area contributed by atoms with Crippen molar-refractivity contribution in [3.05, 3.63) is 84.1 Å². The number of carbonyl (C=O) groups is 1. The van der Waals surface area contributed by atoms with E-state index in [1.807, 2.05) is 91.2 Å². The van der Waals surface area contributed by atoms with Crippen molar-refractivity contribution in [1.29, 1.82) is 0 Å². The number of aryl methyl sites for hydroxylation is 2. The zero-order valence-electron chi connectivity index (χ0n) is 15.2. The molecule has 2 N–H and O–H groups in total. The van der Waals surface area contributed by atoms with Crippen molar-refractivity contribution in [2.24, 2.45) is 0 Å². The number of hydrogen-bond acceptors (Lipinski definition) is 2. The quantitative estimate of drug-likeness (QED) is 0.526. The van der Waals surface area contributed by atoms with Crippen LogP contribution in [0, 0.1) is 13.8 Å². The first-order valence-corrected chi connectivity index (χ1v) is 8.79. The second kappa shape index (κ2) is 6.96. The molecule has 27 heavy (non-hydrogen) atoms. The summed E-state index contributed by atoms with van der Waals surface area (Å²) in [6, 6.07) is 21.1. The van der Waals surface area contributed by atoms with Crippen LogP contribution in [-0.2, 0) is 0 Å². The zero-order chi connectivity index (χ0) is 18.8. The summed E-state index contributed by atoms with van der Waals surface area (Å²) in [4.78, 5) is 17.4. The monoisotopic (exact) mass is 356 g/mol. The highest BCUT2D eigenvalue weighted by molar-refractivity contribution is 6.01. The van der Waals surface area contributed by atoms with E-state index >= 15 is 0 Å². The summed E-state index contributed by atoms with van der Waals surface area (Å²) < 4.78 is 1.92. The number of para-hydroxylation sites is 1. The topological polar surface area (TPSA) is 58.4 Å². The van der Waals surface area contributed by atoms with Gasteiger partial charge >= 0.3 is 6.03 Å². The molecule has 2 aromatic carbocycles. The molecule has 4 aromatic rings. The molecule has 2 heterocycles. The number of urea groups is 1. The summed E-state index contributed by atoms with van der Waals surface area (Å²) in [6.07, 6.45) is 1.97. The van der Waals surface area contributed by atoms with Gasteiger partial charge in [0.05, 0.1) is 0 Å². The fourth-order valence-corrected chi connectivity index (χ4v) is 3.09. The van der Waals surface area contributed by atoms with Gasteiger partial charge in [-0.2, -0.15) is 0 Å². The van der Waals surface area contributed by atoms with Crippen LogP contribution in [0.3, 0.4) is 0 Å². The van der Waals surface area contributed by atoms with Gasteiger partial charge in [-0.3, -0.25) is 9.72 Å². The van der Waals surface area contributed by atoms with Gasteiger partial charge in [0, 0.05) is 17.4 Å². The fraction of sp³-hybridized carbons (Fsp3) is 0.0909. The van der Waals surface area contributed by atoms with Crippen LogP contribution in [0.5, 0.6) is 0 Å². The van der Waals surface area contributed by atoms with Gasteiger partial charge in [0.15, 0.2) is 0 Å². The van der Waals surface area contributed by atoms with Crippen molar-refractivity contribution in [3.8, 4) is 11.3 Å².